The number of carbonyl (C=O) groups excluding carboxylic acids is 1. The van der Waals surface area contributed by atoms with Crippen molar-refractivity contribution >= 4 is 5.91 Å². The summed E-state index contributed by atoms with van der Waals surface area (Å²) in [5, 5.41) is 2.41. The third-order valence-electron chi connectivity index (χ3n) is 2.13. The smallest absolute Gasteiger partial charge is 0.254 e. The minimum Gasteiger partial charge on any atom is -0.355 e. The zero-order valence-electron chi connectivity index (χ0n) is 8.60. The average Bonchev–Trinajstić information content (AvgIpc) is 2.17. The van der Waals surface area contributed by atoms with Crippen LogP contribution in [0.2, 0.25) is 0 Å². The molecule has 0 heterocycles. The van der Waals surface area contributed by atoms with Gasteiger partial charge in [-0.3, -0.25) is 4.79 Å². The fraction of sp³-hybridized carbons (Fsp3) is 0.364. The normalized spacial score (nSPS) is 10.4. The molecule has 1 aromatic carbocycles. The third-order valence-corrected chi connectivity index (χ3v) is 2.13. The Hall–Kier alpha value is -1.38. The Balaban J connectivity index is 3.15. The second-order valence-electron chi connectivity index (χ2n) is 3.47. The van der Waals surface area contributed by atoms with Gasteiger partial charge >= 0.3 is 0 Å². The molecule has 0 saturated carbocycles. The van der Waals surface area contributed by atoms with Crippen molar-refractivity contribution in [3.63, 3.8) is 0 Å². The molecular formula is C11H14FNO. The summed E-state index contributed by atoms with van der Waals surface area (Å²) in [4.78, 5) is 11.3. The van der Waals surface area contributed by atoms with Gasteiger partial charge in [-0.1, -0.05) is 19.9 Å². The van der Waals surface area contributed by atoms with E-state index in [1.807, 2.05) is 13.8 Å². The molecule has 0 saturated heterocycles. The van der Waals surface area contributed by atoms with Gasteiger partial charge in [0.15, 0.2) is 0 Å². The topological polar surface area (TPSA) is 29.1 Å². The third kappa shape index (κ3) is 2.10. The number of carbonyl (C=O) groups is 1. The van der Waals surface area contributed by atoms with Crippen LogP contribution in [0, 0.1) is 5.82 Å². The minimum atomic E-state index is -0.478. The molecule has 2 nitrogen and oxygen atoms in total. The van der Waals surface area contributed by atoms with Crippen molar-refractivity contribution in [2.45, 2.75) is 19.8 Å². The lowest BCUT2D eigenvalue weighted by atomic mass is 10.0. The van der Waals surface area contributed by atoms with Gasteiger partial charge in [0, 0.05) is 7.05 Å². The summed E-state index contributed by atoms with van der Waals surface area (Å²) in [5.41, 5.74) is 1.07. The maximum Gasteiger partial charge on any atom is 0.254 e. The molecule has 0 unspecified atom stereocenters. The SMILES string of the molecule is CNC(=O)c1cc(C(C)C)ccc1F. The standard InChI is InChI=1S/C11H14FNO/c1-7(2)8-4-5-10(12)9(6-8)11(14)13-3/h4-7H,1-3H3,(H,13,14). The van der Waals surface area contributed by atoms with Crippen molar-refractivity contribution in [2.75, 3.05) is 7.05 Å². The first-order valence-corrected chi connectivity index (χ1v) is 4.57. The molecule has 3 heteroatoms. The number of benzene rings is 1. The molecule has 0 radical (unpaired) electrons. The molecular weight excluding hydrogens is 181 g/mol. The molecule has 0 aliphatic heterocycles. The summed E-state index contributed by atoms with van der Waals surface area (Å²) in [5.74, 6) is -0.572. The van der Waals surface area contributed by atoms with Crippen molar-refractivity contribution in [3.05, 3.63) is 35.1 Å². The number of nitrogens with one attached hydrogen (secondary N) is 1. The maximum absolute atomic E-state index is 13.2. The molecule has 0 aromatic heterocycles. The highest BCUT2D eigenvalue weighted by molar-refractivity contribution is 5.94. The molecule has 0 aliphatic carbocycles. The summed E-state index contributed by atoms with van der Waals surface area (Å²) >= 11 is 0. The fourth-order valence-corrected chi connectivity index (χ4v) is 1.21. The van der Waals surface area contributed by atoms with Gasteiger partial charge in [-0.2, -0.15) is 0 Å². The summed E-state index contributed by atoms with van der Waals surface area (Å²) in [6.07, 6.45) is 0. The zero-order chi connectivity index (χ0) is 10.7. The Bertz CT molecular complexity index is 347. The highest BCUT2D eigenvalue weighted by atomic mass is 19.1. The lowest BCUT2D eigenvalue weighted by molar-refractivity contribution is 0.0959. The second-order valence-corrected chi connectivity index (χ2v) is 3.47. The summed E-state index contributed by atoms with van der Waals surface area (Å²) in [7, 11) is 1.49. The zero-order valence-corrected chi connectivity index (χ0v) is 8.60. The monoisotopic (exact) mass is 195 g/mol. The molecule has 0 bridgehead atoms. The number of hydrogen-bond acceptors (Lipinski definition) is 1. The number of halogens is 1. The Morgan fingerprint density at radius 2 is 2.07 bits per heavy atom. The summed E-state index contributed by atoms with van der Waals surface area (Å²) in [6, 6.07) is 4.63. The predicted octanol–water partition coefficient (Wildman–Crippen LogP) is 2.31. The lowest BCUT2D eigenvalue weighted by Gasteiger charge is -2.08. The summed E-state index contributed by atoms with van der Waals surface area (Å²) < 4.78 is 13.2. The fourth-order valence-electron chi connectivity index (χ4n) is 1.21. The quantitative estimate of drug-likeness (QED) is 0.770. The van der Waals surface area contributed by atoms with Gasteiger partial charge in [0.1, 0.15) is 5.82 Å². The van der Waals surface area contributed by atoms with Crippen LogP contribution in [0.4, 0.5) is 4.39 Å². The van der Waals surface area contributed by atoms with E-state index in [0.29, 0.717) is 5.92 Å². The van der Waals surface area contributed by atoms with Crippen LogP contribution in [0.15, 0.2) is 18.2 Å². The van der Waals surface area contributed by atoms with Gasteiger partial charge in [-0.05, 0) is 23.6 Å². The van der Waals surface area contributed by atoms with E-state index in [9.17, 15) is 9.18 Å². The molecule has 76 valence electrons. The first-order chi connectivity index (χ1) is 6.56. The van der Waals surface area contributed by atoms with E-state index in [2.05, 4.69) is 5.32 Å². The van der Waals surface area contributed by atoms with Crippen molar-refractivity contribution < 1.29 is 9.18 Å². The van der Waals surface area contributed by atoms with Crippen molar-refractivity contribution in [1.29, 1.82) is 0 Å². The number of rotatable bonds is 2. The highest BCUT2D eigenvalue weighted by Crippen LogP contribution is 2.17. The largest absolute Gasteiger partial charge is 0.355 e. The minimum absolute atomic E-state index is 0.110. The van der Waals surface area contributed by atoms with Gasteiger partial charge in [0.25, 0.3) is 5.91 Å². The van der Waals surface area contributed by atoms with E-state index in [0.717, 1.165) is 5.56 Å². The number of amides is 1. The van der Waals surface area contributed by atoms with Crippen LogP contribution in [-0.2, 0) is 0 Å². The van der Waals surface area contributed by atoms with Gasteiger partial charge in [-0.15, -0.1) is 0 Å². The van der Waals surface area contributed by atoms with E-state index in [1.165, 1.54) is 13.1 Å². The molecule has 0 spiro atoms. The van der Waals surface area contributed by atoms with Crippen LogP contribution in [0.3, 0.4) is 0 Å². The van der Waals surface area contributed by atoms with E-state index in [1.54, 1.807) is 12.1 Å². The maximum atomic E-state index is 13.2. The molecule has 1 aromatic rings. The Kier molecular flexibility index (Phi) is 3.23. The summed E-state index contributed by atoms with van der Waals surface area (Å²) in [6.45, 7) is 4.00. The van der Waals surface area contributed by atoms with Crippen LogP contribution in [0.25, 0.3) is 0 Å². The van der Waals surface area contributed by atoms with Crippen LogP contribution in [0.1, 0.15) is 35.7 Å². The van der Waals surface area contributed by atoms with Crippen LogP contribution in [0.5, 0.6) is 0 Å². The average molecular weight is 195 g/mol. The molecule has 0 aliphatic rings. The van der Waals surface area contributed by atoms with E-state index < -0.39 is 5.82 Å². The molecule has 0 atom stereocenters. The van der Waals surface area contributed by atoms with Gasteiger partial charge in [-0.25, -0.2) is 4.39 Å². The van der Waals surface area contributed by atoms with Gasteiger partial charge < -0.3 is 5.32 Å². The Morgan fingerprint density at radius 3 is 2.57 bits per heavy atom. The first kappa shape index (κ1) is 10.7. The molecule has 0 fully saturated rings. The predicted molar refractivity (Wildman–Crippen MR) is 53.9 cm³/mol. The van der Waals surface area contributed by atoms with E-state index >= 15 is 0 Å². The molecule has 14 heavy (non-hydrogen) atoms. The van der Waals surface area contributed by atoms with E-state index in [4.69, 9.17) is 0 Å². The highest BCUT2D eigenvalue weighted by Gasteiger charge is 2.11. The van der Waals surface area contributed by atoms with Crippen molar-refractivity contribution in [1.82, 2.24) is 5.32 Å². The van der Waals surface area contributed by atoms with Gasteiger partial charge in [0.2, 0.25) is 0 Å². The molecule has 1 N–H and O–H groups in total. The molecule has 1 amide bonds. The number of hydrogen-bond donors (Lipinski definition) is 1. The van der Waals surface area contributed by atoms with Crippen LogP contribution >= 0.6 is 0 Å². The first-order valence-electron chi connectivity index (χ1n) is 4.57. The molecule has 1 rings (SSSR count). The lowest BCUT2D eigenvalue weighted by Crippen LogP contribution is -2.19. The van der Waals surface area contributed by atoms with Crippen LogP contribution in [-0.4, -0.2) is 13.0 Å². The van der Waals surface area contributed by atoms with Crippen molar-refractivity contribution in [3.8, 4) is 0 Å². The van der Waals surface area contributed by atoms with Crippen molar-refractivity contribution in [2.24, 2.45) is 0 Å². The Labute approximate surface area is 83.1 Å². The van der Waals surface area contributed by atoms with Gasteiger partial charge in [0.05, 0.1) is 5.56 Å². The van der Waals surface area contributed by atoms with Crippen LogP contribution < -0.4 is 5.32 Å². The van der Waals surface area contributed by atoms with E-state index in [-0.39, 0.29) is 11.5 Å². The second kappa shape index (κ2) is 4.22. The Morgan fingerprint density at radius 1 is 1.43 bits per heavy atom.